The normalized spacial score (nSPS) is 12.7. The summed E-state index contributed by atoms with van der Waals surface area (Å²) in [5.41, 5.74) is 1.10. The largest absolute Gasteiger partial charge is 0.462 e. The molecule has 9 heteroatoms. The molecule has 1 aliphatic rings. The second-order valence-corrected chi connectivity index (χ2v) is 18.5. The van der Waals surface area contributed by atoms with Crippen LogP contribution in [-0.2, 0) is 25.5 Å². The first-order chi connectivity index (χ1) is 30.5. The predicted octanol–water partition coefficient (Wildman–Crippen LogP) is 15.0. The molecule has 0 fully saturated rings. The number of carbonyl (C=O) groups is 2. The third-order valence-corrected chi connectivity index (χ3v) is 12.8. The second kappa shape index (κ2) is 40.0. The monoisotopic (exact) mass is 868 g/mol. The van der Waals surface area contributed by atoms with E-state index in [2.05, 4.69) is 52.9 Å². The fourth-order valence-electron chi connectivity index (χ4n) is 8.75. The molecular formula is C53H97N5O4. The number of rotatable bonds is 45. The van der Waals surface area contributed by atoms with Gasteiger partial charge in [0.05, 0.1) is 0 Å². The number of fused-ring (bicyclic) bond motifs is 1. The average molecular weight is 868 g/mol. The van der Waals surface area contributed by atoms with Crippen molar-refractivity contribution in [2.75, 3.05) is 31.5 Å². The zero-order valence-corrected chi connectivity index (χ0v) is 41.0. The van der Waals surface area contributed by atoms with Gasteiger partial charge in [-0.1, -0.05) is 163 Å². The standard InChI is InChI=1S/C53H97N5O4/c1-5-9-12-15-20-27-35-47(8-4)61-50(59)38-30-23-18-25-32-43-58(45-34-41-54-52-49-40-42-55-53(49)57-46-56-52)44-33-26-19-24-31-39-51(60)62-48(36-28-21-16-13-10-6-2)37-29-22-17-14-11-7-3/h42,46-48H,5-41,43-45H2,1-4H3,(H,54,56,57). The van der Waals surface area contributed by atoms with E-state index in [0.29, 0.717) is 12.8 Å². The molecule has 62 heavy (non-hydrogen) atoms. The highest BCUT2D eigenvalue weighted by Crippen LogP contribution is 2.26. The van der Waals surface area contributed by atoms with E-state index in [1.54, 1.807) is 6.33 Å². The van der Waals surface area contributed by atoms with E-state index in [0.717, 1.165) is 108 Å². The molecule has 0 aliphatic carbocycles. The van der Waals surface area contributed by atoms with Crippen molar-refractivity contribution in [1.29, 1.82) is 0 Å². The molecule has 1 aliphatic heterocycles. The Hall–Kier alpha value is -2.55. The van der Waals surface area contributed by atoms with Crippen molar-refractivity contribution < 1.29 is 19.1 Å². The number of nitrogens with zero attached hydrogens (tertiary/aromatic N) is 4. The molecule has 0 radical (unpaired) electrons. The Morgan fingerprint density at radius 2 is 0.984 bits per heavy atom. The summed E-state index contributed by atoms with van der Waals surface area (Å²) < 4.78 is 11.9. The van der Waals surface area contributed by atoms with Crippen LogP contribution in [0, 0.1) is 0 Å². The number of unbranched alkanes of at least 4 members (excludes halogenated alkanes) is 23. The number of carbonyl (C=O) groups excluding carboxylic acids is 2. The molecule has 9 nitrogen and oxygen atoms in total. The van der Waals surface area contributed by atoms with Gasteiger partial charge >= 0.3 is 11.9 Å². The van der Waals surface area contributed by atoms with E-state index in [1.807, 2.05) is 6.21 Å². The van der Waals surface area contributed by atoms with Crippen molar-refractivity contribution in [2.24, 2.45) is 4.99 Å². The van der Waals surface area contributed by atoms with Crippen LogP contribution in [0.5, 0.6) is 0 Å². The van der Waals surface area contributed by atoms with E-state index in [9.17, 15) is 9.59 Å². The highest BCUT2D eigenvalue weighted by atomic mass is 16.5. The Balaban J connectivity index is 1.68. The van der Waals surface area contributed by atoms with Gasteiger partial charge < -0.3 is 19.7 Å². The quantitative estimate of drug-likeness (QED) is 0.0510. The Labute approximate surface area is 382 Å². The third-order valence-electron chi connectivity index (χ3n) is 12.8. The van der Waals surface area contributed by atoms with Crippen LogP contribution < -0.4 is 5.32 Å². The Kier molecular flexibility index (Phi) is 35.9. The van der Waals surface area contributed by atoms with E-state index < -0.39 is 0 Å². The fraction of sp³-hybridized carbons (Fsp3) is 0.868. The maximum Gasteiger partial charge on any atom is 0.306 e. The molecule has 0 bridgehead atoms. The zero-order chi connectivity index (χ0) is 44.6. The molecule has 1 aromatic rings. The van der Waals surface area contributed by atoms with Gasteiger partial charge in [0.25, 0.3) is 0 Å². The highest BCUT2D eigenvalue weighted by Gasteiger charge is 2.16. The minimum Gasteiger partial charge on any atom is -0.462 e. The first kappa shape index (κ1) is 55.6. The molecule has 2 rings (SSSR count). The van der Waals surface area contributed by atoms with Gasteiger partial charge in [-0.15, -0.1) is 0 Å². The van der Waals surface area contributed by atoms with Crippen molar-refractivity contribution in [3.63, 3.8) is 0 Å². The van der Waals surface area contributed by atoms with E-state index >= 15 is 0 Å². The molecule has 1 unspecified atom stereocenters. The van der Waals surface area contributed by atoms with Crippen LogP contribution in [-0.4, -0.2) is 71.4 Å². The van der Waals surface area contributed by atoms with Gasteiger partial charge in [-0.25, -0.2) is 15.0 Å². The predicted molar refractivity (Wildman–Crippen MR) is 263 cm³/mol. The van der Waals surface area contributed by atoms with Gasteiger partial charge in [0, 0.05) is 37.6 Å². The maximum atomic E-state index is 12.9. The van der Waals surface area contributed by atoms with Crippen LogP contribution in [0.3, 0.4) is 0 Å². The van der Waals surface area contributed by atoms with Crippen LogP contribution in [0.25, 0.3) is 0 Å². The van der Waals surface area contributed by atoms with Crippen molar-refractivity contribution >= 4 is 29.8 Å². The number of aromatic nitrogens is 2. The number of aliphatic imine (C=N–C) groups is 1. The number of anilines is 1. The SMILES string of the molecule is CCCCCCCCC(CC)OC(=O)CCCCCCCN(CCCCCCCC(=O)OC(CCCCCCCC)CCCCCCCC)CCCNc1ncnc2c1CC=N2. The smallest absolute Gasteiger partial charge is 0.306 e. The molecule has 0 spiro atoms. The summed E-state index contributed by atoms with van der Waals surface area (Å²) in [6.07, 6.45) is 44.8. The number of nitrogens with one attached hydrogen (secondary N) is 1. The first-order valence-electron chi connectivity index (χ1n) is 26.7. The molecule has 0 saturated carbocycles. The minimum absolute atomic E-state index is 0.00626. The Morgan fingerprint density at radius 1 is 0.548 bits per heavy atom. The van der Waals surface area contributed by atoms with Gasteiger partial charge in [0.1, 0.15) is 24.4 Å². The van der Waals surface area contributed by atoms with Crippen LogP contribution >= 0.6 is 0 Å². The minimum atomic E-state index is -0.00626. The van der Waals surface area contributed by atoms with E-state index in [-0.39, 0.29) is 24.1 Å². The summed E-state index contributed by atoms with van der Waals surface area (Å²) >= 11 is 0. The van der Waals surface area contributed by atoms with Gasteiger partial charge in [-0.05, 0) is 96.7 Å². The van der Waals surface area contributed by atoms with Gasteiger partial charge in [-0.2, -0.15) is 0 Å². The van der Waals surface area contributed by atoms with Crippen LogP contribution in [0.2, 0.25) is 0 Å². The molecule has 0 amide bonds. The molecule has 1 N–H and O–H groups in total. The summed E-state index contributed by atoms with van der Waals surface area (Å²) in [6, 6.07) is 0. The fourth-order valence-corrected chi connectivity index (χ4v) is 8.75. The second-order valence-electron chi connectivity index (χ2n) is 18.5. The molecule has 1 atom stereocenters. The molecule has 0 aromatic carbocycles. The van der Waals surface area contributed by atoms with E-state index in [1.165, 1.54) is 154 Å². The Morgan fingerprint density at radius 3 is 1.50 bits per heavy atom. The van der Waals surface area contributed by atoms with Gasteiger partial charge in [0.15, 0.2) is 5.82 Å². The zero-order valence-electron chi connectivity index (χ0n) is 41.0. The van der Waals surface area contributed by atoms with Crippen molar-refractivity contribution in [3.8, 4) is 0 Å². The summed E-state index contributed by atoms with van der Waals surface area (Å²) in [5, 5.41) is 3.55. The summed E-state index contributed by atoms with van der Waals surface area (Å²) in [7, 11) is 0. The number of esters is 2. The highest BCUT2D eigenvalue weighted by molar-refractivity contribution is 5.77. The summed E-state index contributed by atoms with van der Waals surface area (Å²) in [6.45, 7) is 13.1. The van der Waals surface area contributed by atoms with Gasteiger partial charge in [0.2, 0.25) is 0 Å². The van der Waals surface area contributed by atoms with Crippen molar-refractivity contribution in [2.45, 2.75) is 271 Å². The number of hydrogen-bond acceptors (Lipinski definition) is 9. The lowest BCUT2D eigenvalue weighted by Crippen LogP contribution is -2.28. The number of ether oxygens (including phenoxy) is 2. The summed E-state index contributed by atoms with van der Waals surface area (Å²) in [5.74, 6) is 1.73. The Bertz CT molecular complexity index is 1230. The molecule has 2 heterocycles. The number of hydrogen-bond donors (Lipinski definition) is 1. The summed E-state index contributed by atoms with van der Waals surface area (Å²) in [4.78, 5) is 41.2. The van der Waals surface area contributed by atoms with Crippen LogP contribution in [0.15, 0.2) is 11.3 Å². The van der Waals surface area contributed by atoms with Crippen LogP contribution in [0.1, 0.15) is 258 Å². The lowest BCUT2D eigenvalue weighted by molar-refractivity contribution is -0.150. The molecule has 0 saturated heterocycles. The third kappa shape index (κ3) is 29.7. The topological polar surface area (TPSA) is 106 Å². The molecule has 1 aromatic heterocycles. The maximum absolute atomic E-state index is 12.9. The van der Waals surface area contributed by atoms with Crippen LogP contribution in [0.4, 0.5) is 11.6 Å². The van der Waals surface area contributed by atoms with E-state index in [4.69, 9.17) is 9.47 Å². The van der Waals surface area contributed by atoms with Gasteiger partial charge in [-0.3, -0.25) is 9.59 Å². The van der Waals surface area contributed by atoms with Crippen molar-refractivity contribution in [1.82, 2.24) is 14.9 Å². The lowest BCUT2D eigenvalue weighted by Gasteiger charge is -2.22. The lowest BCUT2D eigenvalue weighted by atomic mass is 10.0. The molecule has 358 valence electrons. The molecular weight excluding hydrogens is 771 g/mol. The average Bonchev–Trinajstić information content (AvgIpc) is 3.77. The first-order valence-corrected chi connectivity index (χ1v) is 26.7. The van der Waals surface area contributed by atoms with Crippen molar-refractivity contribution in [3.05, 3.63) is 11.9 Å².